The Morgan fingerprint density at radius 2 is 2.00 bits per heavy atom. The molecular formula is C15H17NO3. The molecule has 0 aromatic heterocycles. The predicted octanol–water partition coefficient (Wildman–Crippen LogP) is 1.87. The van der Waals surface area contributed by atoms with Gasteiger partial charge in [0.1, 0.15) is 5.60 Å². The van der Waals surface area contributed by atoms with E-state index in [1.54, 1.807) is 45.0 Å². The van der Waals surface area contributed by atoms with Gasteiger partial charge in [-0.3, -0.25) is 4.79 Å². The van der Waals surface area contributed by atoms with E-state index in [1.807, 2.05) is 0 Å². The summed E-state index contributed by atoms with van der Waals surface area (Å²) in [6, 6.07) is 6.75. The Labute approximate surface area is 112 Å². The van der Waals surface area contributed by atoms with E-state index in [4.69, 9.17) is 10.5 Å². The summed E-state index contributed by atoms with van der Waals surface area (Å²) in [6.45, 7) is 5.42. The van der Waals surface area contributed by atoms with Crippen molar-refractivity contribution >= 4 is 11.9 Å². The molecule has 1 aromatic rings. The smallest absolute Gasteiger partial charge is 0.338 e. The Morgan fingerprint density at radius 3 is 2.58 bits per heavy atom. The second-order valence-corrected chi connectivity index (χ2v) is 5.03. The fourth-order valence-corrected chi connectivity index (χ4v) is 1.29. The van der Waals surface area contributed by atoms with Crippen molar-refractivity contribution in [1.82, 2.24) is 0 Å². The van der Waals surface area contributed by atoms with Crippen molar-refractivity contribution in [2.45, 2.75) is 32.8 Å². The van der Waals surface area contributed by atoms with E-state index >= 15 is 0 Å². The number of esters is 1. The van der Waals surface area contributed by atoms with Crippen molar-refractivity contribution in [2.24, 2.45) is 5.73 Å². The first-order valence-corrected chi connectivity index (χ1v) is 5.88. The molecule has 0 radical (unpaired) electrons. The number of ether oxygens (including phenoxy) is 1. The van der Waals surface area contributed by atoms with Crippen LogP contribution in [0.3, 0.4) is 0 Å². The summed E-state index contributed by atoms with van der Waals surface area (Å²) >= 11 is 0. The molecule has 0 heterocycles. The molecule has 0 saturated carbocycles. The second kappa shape index (κ2) is 6.05. The van der Waals surface area contributed by atoms with Crippen LogP contribution in [0.15, 0.2) is 24.3 Å². The molecule has 1 aromatic carbocycles. The Kier molecular flexibility index (Phi) is 4.71. The maximum Gasteiger partial charge on any atom is 0.338 e. The van der Waals surface area contributed by atoms with Crippen molar-refractivity contribution in [3.8, 4) is 11.8 Å². The largest absolute Gasteiger partial charge is 0.456 e. The van der Waals surface area contributed by atoms with Gasteiger partial charge in [0.2, 0.25) is 5.91 Å². The van der Waals surface area contributed by atoms with Crippen LogP contribution in [0, 0.1) is 11.8 Å². The van der Waals surface area contributed by atoms with E-state index in [2.05, 4.69) is 11.8 Å². The summed E-state index contributed by atoms with van der Waals surface area (Å²) < 4.78 is 5.26. The van der Waals surface area contributed by atoms with E-state index in [0.717, 1.165) is 0 Å². The first-order valence-electron chi connectivity index (χ1n) is 5.88. The van der Waals surface area contributed by atoms with Crippen molar-refractivity contribution < 1.29 is 14.3 Å². The lowest BCUT2D eigenvalue weighted by Crippen LogP contribution is -2.23. The van der Waals surface area contributed by atoms with Gasteiger partial charge in [-0.2, -0.15) is 0 Å². The molecule has 0 aliphatic rings. The van der Waals surface area contributed by atoms with Crippen LogP contribution in [-0.2, 0) is 9.53 Å². The number of primary amides is 1. The molecule has 2 N–H and O–H groups in total. The fourth-order valence-electron chi connectivity index (χ4n) is 1.29. The third-order valence-corrected chi connectivity index (χ3v) is 1.99. The van der Waals surface area contributed by atoms with E-state index in [0.29, 0.717) is 11.1 Å². The molecule has 0 unspecified atom stereocenters. The monoisotopic (exact) mass is 259 g/mol. The van der Waals surface area contributed by atoms with Crippen LogP contribution in [0.2, 0.25) is 0 Å². The van der Waals surface area contributed by atoms with Crippen molar-refractivity contribution in [3.63, 3.8) is 0 Å². The van der Waals surface area contributed by atoms with Gasteiger partial charge in [0.25, 0.3) is 0 Å². The summed E-state index contributed by atoms with van der Waals surface area (Å²) in [5.74, 6) is 4.54. The Hall–Kier alpha value is -2.28. The number of carbonyl (C=O) groups is 2. The summed E-state index contributed by atoms with van der Waals surface area (Å²) in [7, 11) is 0. The summed E-state index contributed by atoms with van der Waals surface area (Å²) in [5.41, 5.74) is 5.53. The van der Waals surface area contributed by atoms with Crippen LogP contribution < -0.4 is 5.73 Å². The van der Waals surface area contributed by atoms with Gasteiger partial charge in [0.15, 0.2) is 0 Å². The zero-order valence-electron chi connectivity index (χ0n) is 11.3. The van der Waals surface area contributed by atoms with Gasteiger partial charge in [-0.15, -0.1) is 0 Å². The predicted molar refractivity (Wildman–Crippen MR) is 72.3 cm³/mol. The van der Waals surface area contributed by atoms with E-state index in [1.165, 1.54) is 0 Å². The van der Waals surface area contributed by atoms with Gasteiger partial charge in [-0.05, 0) is 39.0 Å². The second-order valence-electron chi connectivity index (χ2n) is 5.03. The first-order chi connectivity index (χ1) is 8.78. The highest BCUT2D eigenvalue weighted by molar-refractivity contribution is 5.90. The van der Waals surface area contributed by atoms with Crippen molar-refractivity contribution in [1.29, 1.82) is 0 Å². The molecule has 0 bridgehead atoms. The van der Waals surface area contributed by atoms with Crippen LogP contribution in [0.25, 0.3) is 0 Å². The Morgan fingerprint density at radius 1 is 1.32 bits per heavy atom. The Balaban J connectivity index is 2.84. The molecule has 100 valence electrons. The highest BCUT2D eigenvalue weighted by Crippen LogP contribution is 2.13. The normalized spacial score (nSPS) is 10.3. The molecule has 4 nitrogen and oxygen atoms in total. The summed E-state index contributed by atoms with van der Waals surface area (Å²) in [5, 5.41) is 0. The van der Waals surface area contributed by atoms with Crippen molar-refractivity contribution in [2.75, 3.05) is 0 Å². The molecule has 0 spiro atoms. The number of carbonyl (C=O) groups excluding carboxylic acids is 2. The topological polar surface area (TPSA) is 69.4 Å². The maximum atomic E-state index is 11.9. The van der Waals surface area contributed by atoms with Gasteiger partial charge < -0.3 is 10.5 Å². The first kappa shape index (κ1) is 14.8. The SMILES string of the molecule is CC(C)(C)OC(=O)c1cccc(C#CCC(N)=O)c1. The molecule has 19 heavy (non-hydrogen) atoms. The van der Waals surface area contributed by atoms with Gasteiger partial charge in [0, 0.05) is 5.56 Å². The molecule has 1 rings (SSSR count). The minimum Gasteiger partial charge on any atom is -0.456 e. The highest BCUT2D eigenvalue weighted by Gasteiger charge is 2.17. The number of benzene rings is 1. The number of hydrogen-bond donors (Lipinski definition) is 1. The van der Waals surface area contributed by atoms with E-state index in [-0.39, 0.29) is 6.42 Å². The molecule has 0 aliphatic carbocycles. The number of nitrogens with two attached hydrogens (primary N) is 1. The average molecular weight is 259 g/mol. The average Bonchev–Trinajstić information content (AvgIpc) is 2.26. The lowest BCUT2D eigenvalue weighted by Gasteiger charge is -2.19. The quantitative estimate of drug-likeness (QED) is 0.651. The third-order valence-electron chi connectivity index (χ3n) is 1.99. The maximum absolute atomic E-state index is 11.9. The van der Waals surface area contributed by atoms with Crippen LogP contribution in [0.5, 0.6) is 0 Å². The molecule has 0 aliphatic heterocycles. The lowest BCUT2D eigenvalue weighted by atomic mass is 10.1. The van der Waals surface area contributed by atoms with Crippen LogP contribution in [-0.4, -0.2) is 17.5 Å². The number of hydrogen-bond acceptors (Lipinski definition) is 3. The highest BCUT2D eigenvalue weighted by atomic mass is 16.6. The van der Waals surface area contributed by atoms with Crippen LogP contribution in [0.4, 0.5) is 0 Å². The third kappa shape index (κ3) is 5.73. The van der Waals surface area contributed by atoms with Gasteiger partial charge in [-0.25, -0.2) is 4.79 Å². The van der Waals surface area contributed by atoms with E-state index < -0.39 is 17.5 Å². The molecule has 0 atom stereocenters. The number of amides is 1. The van der Waals surface area contributed by atoms with E-state index in [9.17, 15) is 9.59 Å². The molecule has 4 heteroatoms. The molecule has 0 fully saturated rings. The molecule has 1 amide bonds. The van der Waals surface area contributed by atoms with Gasteiger partial charge >= 0.3 is 5.97 Å². The van der Waals surface area contributed by atoms with Crippen LogP contribution >= 0.6 is 0 Å². The van der Waals surface area contributed by atoms with Crippen molar-refractivity contribution in [3.05, 3.63) is 35.4 Å². The summed E-state index contributed by atoms with van der Waals surface area (Å²) in [4.78, 5) is 22.4. The Bertz CT molecular complexity index is 544. The molecular weight excluding hydrogens is 242 g/mol. The minimum atomic E-state index is -0.537. The lowest BCUT2D eigenvalue weighted by molar-refractivity contribution is -0.117. The van der Waals surface area contributed by atoms with Gasteiger partial charge in [-0.1, -0.05) is 17.9 Å². The van der Waals surface area contributed by atoms with Gasteiger partial charge in [0.05, 0.1) is 12.0 Å². The fraction of sp³-hybridized carbons (Fsp3) is 0.333. The summed E-state index contributed by atoms with van der Waals surface area (Å²) in [6.07, 6.45) is -0.00331. The zero-order valence-corrected chi connectivity index (χ0v) is 11.3. The van der Waals surface area contributed by atoms with Crippen LogP contribution in [0.1, 0.15) is 43.1 Å². The number of rotatable bonds is 2. The molecule has 0 saturated heterocycles. The standard InChI is InChI=1S/C15H17NO3/c1-15(2,3)19-14(18)12-8-4-6-11(10-12)7-5-9-13(16)17/h4,6,8,10H,9H2,1-3H3,(H2,16,17). The zero-order chi connectivity index (χ0) is 14.5. The minimum absolute atomic E-state index is 0.00331.